The Morgan fingerprint density at radius 2 is 2.03 bits per heavy atom. The lowest BCUT2D eigenvalue weighted by Gasteiger charge is -2.36. The van der Waals surface area contributed by atoms with Gasteiger partial charge in [-0.25, -0.2) is 0 Å². The summed E-state index contributed by atoms with van der Waals surface area (Å²) in [7, 11) is 0. The van der Waals surface area contributed by atoms with E-state index in [1.165, 1.54) is 48.9 Å². The minimum absolute atomic E-state index is 0.0645. The van der Waals surface area contributed by atoms with Gasteiger partial charge in [0.1, 0.15) is 0 Å². The molecule has 4 unspecified atom stereocenters. The Kier molecular flexibility index (Phi) is 9.14. The average Bonchev–Trinajstić information content (AvgIpc) is 3.10. The maximum atomic E-state index is 13.1. The summed E-state index contributed by atoms with van der Waals surface area (Å²) in [6.45, 7) is 10.7. The van der Waals surface area contributed by atoms with Crippen LogP contribution in [-0.4, -0.2) is 23.9 Å². The predicted octanol–water partition coefficient (Wildman–Crippen LogP) is 7.91. The van der Waals surface area contributed by atoms with Crippen molar-refractivity contribution >= 4 is 11.6 Å². The molecule has 4 rings (SSSR count). The second-order valence-electron chi connectivity index (χ2n) is 11.3. The van der Waals surface area contributed by atoms with Crippen molar-refractivity contribution in [2.75, 3.05) is 18.4 Å². The molecule has 0 radical (unpaired) electrons. The number of rotatable bonds is 6. The van der Waals surface area contributed by atoms with Crippen molar-refractivity contribution in [3.8, 4) is 11.8 Å². The molecule has 1 aromatic rings. The van der Waals surface area contributed by atoms with Crippen LogP contribution in [0.2, 0.25) is 0 Å². The fraction of sp³-hybridized carbons (Fsp3) is 0.500. The molecule has 1 N–H and O–H groups in total. The van der Waals surface area contributed by atoms with Crippen molar-refractivity contribution in [3.05, 3.63) is 77.6 Å². The molecule has 0 bridgehead atoms. The van der Waals surface area contributed by atoms with Crippen LogP contribution in [0, 0.1) is 35.0 Å². The number of para-hydroxylation sites is 1. The van der Waals surface area contributed by atoms with Gasteiger partial charge >= 0.3 is 0 Å². The molecule has 4 atom stereocenters. The maximum absolute atomic E-state index is 13.1. The summed E-state index contributed by atoms with van der Waals surface area (Å²) in [5.74, 6) is 8.00. The molecule has 196 valence electrons. The van der Waals surface area contributed by atoms with E-state index < -0.39 is 0 Å². The molecular formula is C34H44N2O. The molecule has 3 heteroatoms. The Labute approximate surface area is 224 Å². The lowest BCUT2D eigenvalue weighted by Crippen LogP contribution is -2.35. The first-order valence-electron chi connectivity index (χ1n) is 14.2. The summed E-state index contributed by atoms with van der Waals surface area (Å²) in [6, 6.07) is 9.79. The third-order valence-corrected chi connectivity index (χ3v) is 8.67. The molecule has 1 saturated carbocycles. The lowest BCUT2D eigenvalue weighted by atomic mass is 9.81. The van der Waals surface area contributed by atoms with Crippen molar-refractivity contribution in [2.24, 2.45) is 23.2 Å². The maximum Gasteiger partial charge on any atom is 0.231 e. The average molecular weight is 497 g/mol. The van der Waals surface area contributed by atoms with E-state index in [-0.39, 0.29) is 17.2 Å². The normalized spacial score (nSPS) is 27.2. The Morgan fingerprint density at radius 1 is 1.22 bits per heavy atom. The van der Waals surface area contributed by atoms with E-state index in [2.05, 4.69) is 73.2 Å². The van der Waals surface area contributed by atoms with E-state index in [0.717, 1.165) is 37.5 Å². The van der Waals surface area contributed by atoms with Crippen LogP contribution in [0.4, 0.5) is 5.69 Å². The third kappa shape index (κ3) is 6.86. The number of nitrogens with zero attached hydrogens (tertiary/aromatic N) is 1. The summed E-state index contributed by atoms with van der Waals surface area (Å²) in [5, 5.41) is 3.12. The van der Waals surface area contributed by atoms with Gasteiger partial charge < -0.3 is 10.2 Å². The summed E-state index contributed by atoms with van der Waals surface area (Å²) >= 11 is 0. The van der Waals surface area contributed by atoms with Crippen LogP contribution in [0.5, 0.6) is 0 Å². The number of nitrogens with one attached hydrogen (secondary N) is 1. The van der Waals surface area contributed by atoms with Crippen LogP contribution in [0.1, 0.15) is 72.6 Å². The number of benzene rings is 1. The fourth-order valence-corrected chi connectivity index (χ4v) is 6.36. The molecule has 0 spiro atoms. The second-order valence-corrected chi connectivity index (χ2v) is 11.3. The van der Waals surface area contributed by atoms with Gasteiger partial charge in [0.2, 0.25) is 5.91 Å². The topological polar surface area (TPSA) is 32.3 Å². The largest absolute Gasteiger partial charge is 0.367 e. The van der Waals surface area contributed by atoms with Crippen molar-refractivity contribution in [1.82, 2.24) is 4.90 Å². The minimum Gasteiger partial charge on any atom is -0.367 e. The number of hydrogen-bond donors (Lipinski definition) is 1. The quantitative estimate of drug-likeness (QED) is 0.246. The van der Waals surface area contributed by atoms with E-state index in [9.17, 15) is 4.79 Å². The van der Waals surface area contributed by atoms with Crippen molar-refractivity contribution in [1.29, 1.82) is 0 Å². The molecular weight excluding hydrogens is 452 g/mol. The molecule has 3 nitrogen and oxygen atoms in total. The first-order valence-corrected chi connectivity index (χ1v) is 14.2. The Balaban J connectivity index is 1.38. The van der Waals surface area contributed by atoms with Crippen LogP contribution >= 0.6 is 0 Å². The number of amides is 1. The summed E-state index contributed by atoms with van der Waals surface area (Å²) in [6.07, 6.45) is 19.4. The number of anilines is 1. The van der Waals surface area contributed by atoms with Gasteiger partial charge in [-0.1, -0.05) is 67.3 Å². The Hall–Kier alpha value is -2.99. The van der Waals surface area contributed by atoms with Gasteiger partial charge in [0.25, 0.3) is 0 Å². The highest BCUT2D eigenvalue weighted by Crippen LogP contribution is 2.39. The Morgan fingerprint density at radius 3 is 2.78 bits per heavy atom. The van der Waals surface area contributed by atoms with Crippen molar-refractivity contribution in [2.45, 2.75) is 72.6 Å². The number of hydrogen-bond acceptors (Lipinski definition) is 2. The second kappa shape index (κ2) is 12.5. The monoisotopic (exact) mass is 496 g/mol. The van der Waals surface area contributed by atoms with Crippen LogP contribution in [0.15, 0.2) is 77.6 Å². The van der Waals surface area contributed by atoms with Gasteiger partial charge in [-0.2, -0.15) is 0 Å². The van der Waals surface area contributed by atoms with Gasteiger partial charge in [-0.05, 0) is 94.9 Å². The summed E-state index contributed by atoms with van der Waals surface area (Å²) in [5.41, 5.74) is 4.99. The van der Waals surface area contributed by atoms with E-state index in [1.54, 1.807) is 0 Å². The SMILES string of the molecule is CC#CC1(C)CCCC(C(C)C=CC(=CC)N2CCC3=C(C=CCC3C(=O)Nc3ccccc3)C2)CC1. The van der Waals surface area contributed by atoms with Gasteiger partial charge in [-0.3, -0.25) is 4.79 Å². The molecule has 1 aliphatic heterocycles. The van der Waals surface area contributed by atoms with Crippen LogP contribution in [0.25, 0.3) is 0 Å². The van der Waals surface area contributed by atoms with Gasteiger partial charge in [0.05, 0.1) is 5.92 Å². The molecule has 3 aliphatic rings. The van der Waals surface area contributed by atoms with E-state index >= 15 is 0 Å². The number of carbonyl (C=O) groups excluding carboxylic acids is 1. The zero-order valence-corrected chi connectivity index (χ0v) is 23.2. The van der Waals surface area contributed by atoms with Crippen LogP contribution in [-0.2, 0) is 4.79 Å². The molecule has 0 saturated heterocycles. The predicted molar refractivity (Wildman–Crippen MR) is 156 cm³/mol. The third-order valence-electron chi connectivity index (χ3n) is 8.67. The highest BCUT2D eigenvalue weighted by atomic mass is 16.1. The van der Waals surface area contributed by atoms with Gasteiger partial charge in [0.15, 0.2) is 0 Å². The highest BCUT2D eigenvalue weighted by Gasteiger charge is 2.31. The standard InChI is InChI=1S/C34H44N2O/c1-5-21-34(4)22-11-13-27(19-23-34)26(3)17-18-30(6-2)36-24-20-31-28(25-36)12-10-16-32(31)33(37)35-29-14-8-7-9-15-29/h6-10,12,14-15,17-18,26-27,32H,11,13,16,19-20,22-25H2,1-4H3,(H,35,37). The number of allylic oxidation sites excluding steroid dienone is 4. The smallest absolute Gasteiger partial charge is 0.231 e. The molecule has 0 aromatic heterocycles. The lowest BCUT2D eigenvalue weighted by molar-refractivity contribution is -0.118. The van der Waals surface area contributed by atoms with Gasteiger partial charge in [-0.15, -0.1) is 5.92 Å². The highest BCUT2D eigenvalue weighted by molar-refractivity contribution is 5.94. The van der Waals surface area contributed by atoms with Crippen molar-refractivity contribution < 1.29 is 4.79 Å². The molecule has 1 heterocycles. The van der Waals surface area contributed by atoms with Crippen molar-refractivity contribution in [3.63, 3.8) is 0 Å². The first kappa shape index (κ1) is 27.1. The molecule has 37 heavy (non-hydrogen) atoms. The van der Waals surface area contributed by atoms with Gasteiger partial charge in [0, 0.05) is 29.9 Å². The fourth-order valence-electron chi connectivity index (χ4n) is 6.36. The van der Waals surface area contributed by atoms with Crippen LogP contribution < -0.4 is 5.32 Å². The zero-order valence-electron chi connectivity index (χ0n) is 23.2. The van der Waals surface area contributed by atoms with E-state index in [4.69, 9.17) is 0 Å². The first-order chi connectivity index (χ1) is 17.9. The minimum atomic E-state index is -0.0645. The zero-order chi connectivity index (χ0) is 26.3. The number of carbonyl (C=O) groups is 1. The summed E-state index contributed by atoms with van der Waals surface area (Å²) < 4.78 is 0. The Bertz CT molecular complexity index is 1130. The molecule has 1 fully saturated rings. The molecule has 1 aromatic carbocycles. The molecule has 1 amide bonds. The van der Waals surface area contributed by atoms with Crippen LogP contribution in [0.3, 0.4) is 0 Å². The van der Waals surface area contributed by atoms with E-state index in [0.29, 0.717) is 5.92 Å². The van der Waals surface area contributed by atoms with E-state index in [1.807, 2.05) is 37.3 Å². The molecule has 2 aliphatic carbocycles. The summed E-state index contributed by atoms with van der Waals surface area (Å²) in [4.78, 5) is 15.6.